The number of hydrogen-bond acceptors (Lipinski definition) is 2. The van der Waals surface area contributed by atoms with E-state index in [9.17, 15) is 9.50 Å². The highest BCUT2D eigenvalue weighted by Crippen LogP contribution is 2.20. The van der Waals surface area contributed by atoms with Gasteiger partial charge in [-0.05, 0) is 30.2 Å². The van der Waals surface area contributed by atoms with Gasteiger partial charge >= 0.3 is 0 Å². The average molecular weight is 244 g/mol. The minimum atomic E-state index is -1.12. The Kier molecular flexibility index (Phi) is 3.47. The van der Waals surface area contributed by atoms with Crippen LogP contribution in [-0.2, 0) is 6.54 Å². The van der Waals surface area contributed by atoms with Crippen molar-refractivity contribution < 1.29 is 9.50 Å². The molecule has 0 aromatic heterocycles. The molecular weight excluding hydrogens is 229 g/mol. The third kappa shape index (κ3) is 2.54. The van der Waals surface area contributed by atoms with E-state index in [1.807, 2.05) is 30.0 Å². The Hall–Kier alpha value is -0.640. The normalized spacial score (nSPS) is 26.2. The second kappa shape index (κ2) is 4.70. The Morgan fingerprint density at radius 1 is 1.50 bits per heavy atom. The summed E-state index contributed by atoms with van der Waals surface area (Å²) < 4.78 is 13.1. The van der Waals surface area contributed by atoms with Crippen LogP contribution in [0.15, 0.2) is 18.2 Å². The molecule has 0 spiro atoms. The monoisotopic (exact) mass is 243 g/mol. The maximum atomic E-state index is 13.1. The molecule has 1 aliphatic rings. The van der Waals surface area contributed by atoms with Crippen molar-refractivity contribution >= 4 is 11.6 Å². The lowest BCUT2D eigenvalue weighted by Crippen LogP contribution is -2.21. The SMILES string of the molecule is Cc1cc(Cl)ccc1CN1C[C@@H](O)[C@H](F)C1. The molecule has 2 rings (SSSR count). The van der Waals surface area contributed by atoms with Gasteiger partial charge in [-0.3, -0.25) is 4.90 Å². The number of aliphatic hydroxyl groups is 1. The molecule has 0 bridgehead atoms. The Balaban J connectivity index is 2.05. The van der Waals surface area contributed by atoms with E-state index >= 15 is 0 Å². The Morgan fingerprint density at radius 2 is 2.25 bits per heavy atom. The van der Waals surface area contributed by atoms with Gasteiger partial charge in [-0.15, -0.1) is 0 Å². The van der Waals surface area contributed by atoms with Gasteiger partial charge in [-0.1, -0.05) is 17.7 Å². The maximum absolute atomic E-state index is 13.1. The van der Waals surface area contributed by atoms with Crippen LogP contribution in [0.2, 0.25) is 5.02 Å². The summed E-state index contributed by atoms with van der Waals surface area (Å²) in [4.78, 5) is 1.92. The molecule has 88 valence electrons. The lowest BCUT2D eigenvalue weighted by Gasteiger charge is -2.16. The van der Waals surface area contributed by atoms with Gasteiger partial charge in [0, 0.05) is 24.7 Å². The molecule has 2 atom stereocenters. The number of rotatable bonds is 2. The first-order valence-electron chi connectivity index (χ1n) is 5.36. The van der Waals surface area contributed by atoms with Crippen molar-refractivity contribution in [1.29, 1.82) is 0 Å². The summed E-state index contributed by atoms with van der Waals surface area (Å²) in [6, 6.07) is 5.69. The number of aryl methyl sites for hydroxylation is 1. The average Bonchev–Trinajstić information content (AvgIpc) is 2.51. The molecule has 2 nitrogen and oxygen atoms in total. The van der Waals surface area contributed by atoms with E-state index in [4.69, 9.17) is 11.6 Å². The van der Waals surface area contributed by atoms with Crippen LogP contribution < -0.4 is 0 Å². The summed E-state index contributed by atoms with van der Waals surface area (Å²) in [5.41, 5.74) is 2.23. The van der Waals surface area contributed by atoms with Gasteiger partial charge in [-0.2, -0.15) is 0 Å². The number of aliphatic hydroxyl groups excluding tert-OH is 1. The zero-order chi connectivity index (χ0) is 11.7. The van der Waals surface area contributed by atoms with E-state index in [2.05, 4.69) is 0 Å². The Bertz CT molecular complexity index is 375. The molecule has 4 heteroatoms. The molecule has 0 aliphatic carbocycles. The number of β-amino-alcohol motifs (C(OH)–C–C–N with tert-alkyl or cyclic N) is 1. The molecule has 0 saturated carbocycles. The predicted molar refractivity (Wildman–Crippen MR) is 62.4 cm³/mol. The minimum Gasteiger partial charge on any atom is -0.389 e. The van der Waals surface area contributed by atoms with Crippen molar-refractivity contribution in [3.05, 3.63) is 34.3 Å². The van der Waals surface area contributed by atoms with Gasteiger partial charge in [0.25, 0.3) is 0 Å². The third-order valence-corrected chi connectivity index (χ3v) is 3.23. The van der Waals surface area contributed by atoms with Crippen LogP contribution in [0.1, 0.15) is 11.1 Å². The smallest absolute Gasteiger partial charge is 0.140 e. The summed E-state index contributed by atoms with van der Waals surface area (Å²) in [6.07, 6.45) is -1.96. The van der Waals surface area contributed by atoms with Gasteiger partial charge < -0.3 is 5.11 Å². The molecule has 0 amide bonds. The first kappa shape index (κ1) is 11.8. The minimum absolute atomic E-state index is 0.309. The first-order valence-corrected chi connectivity index (χ1v) is 5.73. The quantitative estimate of drug-likeness (QED) is 0.861. The van der Waals surface area contributed by atoms with E-state index in [1.165, 1.54) is 0 Å². The molecule has 1 N–H and O–H groups in total. The second-order valence-corrected chi connectivity index (χ2v) is 4.78. The van der Waals surface area contributed by atoms with Crippen molar-refractivity contribution in [2.24, 2.45) is 0 Å². The third-order valence-electron chi connectivity index (χ3n) is 2.99. The lowest BCUT2D eigenvalue weighted by atomic mass is 10.1. The van der Waals surface area contributed by atoms with Crippen LogP contribution in [0, 0.1) is 6.92 Å². The van der Waals surface area contributed by atoms with Gasteiger partial charge in [0.1, 0.15) is 6.17 Å². The number of alkyl halides is 1. The lowest BCUT2D eigenvalue weighted by molar-refractivity contribution is 0.115. The van der Waals surface area contributed by atoms with E-state index in [1.54, 1.807) is 0 Å². The largest absolute Gasteiger partial charge is 0.389 e. The van der Waals surface area contributed by atoms with Crippen molar-refractivity contribution in [3.8, 4) is 0 Å². The van der Waals surface area contributed by atoms with E-state index in [-0.39, 0.29) is 0 Å². The standard InChI is InChI=1S/C12H15ClFNO/c1-8-4-10(13)3-2-9(8)5-15-6-11(14)12(16)7-15/h2-4,11-12,16H,5-7H2,1H3/t11-,12-/m1/s1. The van der Waals surface area contributed by atoms with Crippen LogP contribution in [0.4, 0.5) is 4.39 Å². The van der Waals surface area contributed by atoms with Gasteiger partial charge in [0.2, 0.25) is 0 Å². The highest BCUT2D eigenvalue weighted by atomic mass is 35.5. The van der Waals surface area contributed by atoms with Gasteiger partial charge in [0.15, 0.2) is 0 Å². The molecule has 16 heavy (non-hydrogen) atoms. The summed E-state index contributed by atoms with van der Waals surface area (Å²) in [6.45, 7) is 3.37. The summed E-state index contributed by atoms with van der Waals surface area (Å²) in [7, 11) is 0. The summed E-state index contributed by atoms with van der Waals surface area (Å²) in [5.74, 6) is 0. The van der Waals surface area contributed by atoms with Gasteiger partial charge in [-0.25, -0.2) is 4.39 Å². The first-order chi connectivity index (χ1) is 7.56. The zero-order valence-electron chi connectivity index (χ0n) is 9.16. The molecule has 1 aliphatic heterocycles. The maximum Gasteiger partial charge on any atom is 0.140 e. The van der Waals surface area contributed by atoms with Crippen LogP contribution in [-0.4, -0.2) is 35.4 Å². The fraction of sp³-hybridized carbons (Fsp3) is 0.500. The molecule has 0 radical (unpaired) electrons. The van der Waals surface area contributed by atoms with Crippen molar-refractivity contribution in [2.75, 3.05) is 13.1 Å². The number of benzene rings is 1. The number of hydrogen-bond donors (Lipinski definition) is 1. The molecule has 1 heterocycles. The number of halogens is 2. The predicted octanol–water partition coefficient (Wildman–Crippen LogP) is 2.16. The summed E-state index contributed by atoms with van der Waals surface area (Å²) >= 11 is 5.87. The molecule has 1 aromatic carbocycles. The van der Waals surface area contributed by atoms with E-state index in [0.29, 0.717) is 24.7 Å². The molecule has 0 unspecified atom stereocenters. The van der Waals surface area contributed by atoms with Crippen LogP contribution in [0.3, 0.4) is 0 Å². The fourth-order valence-corrected chi connectivity index (χ4v) is 2.26. The fourth-order valence-electron chi connectivity index (χ4n) is 2.03. The highest BCUT2D eigenvalue weighted by Gasteiger charge is 2.30. The Morgan fingerprint density at radius 3 is 2.81 bits per heavy atom. The molecule has 1 aromatic rings. The van der Waals surface area contributed by atoms with E-state index < -0.39 is 12.3 Å². The van der Waals surface area contributed by atoms with Gasteiger partial charge in [0.05, 0.1) is 6.10 Å². The number of nitrogens with zero attached hydrogens (tertiary/aromatic N) is 1. The van der Waals surface area contributed by atoms with Crippen molar-refractivity contribution in [1.82, 2.24) is 4.90 Å². The van der Waals surface area contributed by atoms with Crippen LogP contribution in [0.5, 0.6) is 0 Å². The number of likely N-dealkylation sites (tertiary alicyclic amines) is 1. The van der Waals surface area contributed by atoms with Crippen molar-refractivity contribution in [2.45, 2.75) is 25.7 Å². The second-order valence-electron chi connectivity index (χ2n) is 4.35. The van der Waals surface area contributed by atoms with E-state index in [0.717, 1.165) is 11.1 Å². The zero-order valence-corrected chi connectivity index (χ0v) is 9.91. The molecule has 1 saturated heterocycles. The van der Waals surface area contributed by atoms with Crippen LogP contribution in [0.25, 0.3) is 0 Å². The summed E-state index contributed by atoms with van der Waals surface area (Å²) in [5, 5.41) is 10.0. The molecule has 1 fully saturated rings. The highest BCUT2D eigenvalue weighted by molar-refractivity contribution is 6.30. The van der Waals surface area contributed by atoms with Crippen LogP contribution >= 0.6 is 11.6 Å². The Labute approximate surface area is 99.6 Å². The molecular formula is C12H15ClFNO. The van der Waals surface area contributed by atoms with Crippen molar-refractivity contribution in [3.63, 3.8) is 0 Å². The topological polar surface area (TPSA) is 23.5 Å².